The summed E-state index contributed by atoms with van der Waals surface area (Å²) in [4.78, 5) is 4.45. The van der Waals surface area contributed by atoms with Crippen molar-refractivity contribution < 1.29 is 4.42 Å². The van der Waals surface area contributed by atoms with E-state index in [9.17, 15) is 0 Å². The molecule has 6 rings (SSSR count). The van der Waals surface area contributed by atoms with Gasteiger partial charge in [-0.15, -0.1) is 0 Å². The average Bonchev–Trinajstić information content (AvgIpc) is 3.37. The molecule has 0 bridgehead atoms. The predicted molar refractivity (Wildman–Crippen MR) is 114 cm³/mol. The molecule has 0 saturated carbocycles. The summed E-state index contributed by atoms with van der Waals surface area (Å²) in [7, 11) is 0. The number of hydrogen-bond donors (Lipinski definition) is 0. The molecule has 0 aliphatic heterocycles. The Morgan fingerprint density at radius 2 is 1.57 bits per heavy atom. The quantitative estimate of drug-likeness (QED) is 0.349. The van der Waals surface area contributed by atoms with Gasteiger partial charge in [-0.1, -0.05) is 48.5 Å². The monoisotopic (exact) mass is 360 g/mol. The zero-order valence-corrected chi connectivity index (χ0v) is 15.0. The fourth-order valence-corrected chi connectivity index (χ4v) is 4.06. The Hall–Kier alpha value is -3.85. The van der Waals surface area contributed by atoms with Crippen LogP contribution in [0.25, 0.3) is 49.7 Å². The molecule has 3 heteroatoms. The Labute approximate surface area is 161 Å². The van der Waals surface area contributed by atoms with Crippen LogP contribution in [-0.2, 0) is 0 Å². The van der Waals surface area contributed by atoms with Crippen molar-refractivity contribution >= 4 is 32.8 Å². The lowest BCUT2D eigenvalue weighted by Crippen LogP contribution is -1.94. The van der Waals surface area contributed by atoms with Gasteiger partial charge in [0.1, 0.15) is 0 Å². The summed E-state index contributed by atoms with van der Waals surface area (Å²) in [6.07, 6.45) is 3.58. The van der Waals surface area contributed by atoms with Gasteiger partial charge in [0.15, 0.2) is 5.58 Å². The van der Waals surface area contributed by atoms with Crippen molar-refractivity contribution in [1.82, 2.24) is 9.55 Å². The molecule has 0 saturated heterocycles. The van der Waals surface area contributed by atoms with Gasteiger partial charge in [0, 0.05) is 33.6 Å². The third kappa shape index (κ3) is 2.13. The maximum atomic E-state index is 5.89. The van der Waals surface area contributed by atoms with Crippen LogP contribution in [0.3, 0.4) is 0 Å². The highest BCUT2D eigenvalue weighted by Crippen LogP contribution is 2.37. The molecule has 0 unspecified atom stereocenters. The molecule has 3 heterocycles. The molecule has 3 aromatic carbocycles. The molecule has 3 nitrogen and oxygen atoms in total. The van der Waals surface area contributed by atoms with Gasteiger partial charge >= 0.3 is 0 Å². The maximum Gasteiger partial charge on any atom is 0.158 e. The Bertz CT molecular complexity index is 1440. The molecule has 0 fully saturated rings. The number of hydrogen-bond acceptors (Lipinski definition) is 2. The highest BCUT2D eigenvalue weighted by molar-refractivity contribution is 6.17. The standard InChI is InChI=1S/C25H16N2O/c1-2-7-23-20(5-1)21-13-10-18-14-16-28-25(18)24(21)27(23)19-11-8-17(9-12-19)22-6-3-4-15-26-22/h1-16H. The molecule has 28 heavy (non-hydrogen) atoms. The van der Waals surface area contributed by atoms with Crippen LogP contribution in [-0.4, -0.2) is 9.55 Å². The number of fused-ring (bicyclic) bond motifs is 5. The van der Waals surface area contributed by atoms with Gasteiger partial charge in [-0.05, 0) is 36.4 Å². The summed E-state index contributed by atoms with van der Waals surface area (Å²) < 4.78 is 8.18. The first-order chi connectivity index (χ1) is 13.9. The van der Waals surface area contributed by atoms with E-state index < -0.39 is 0 Å². The second kappa shape index (κ2) is 5.83. The molecule has 3 aromatic heterocycles. The minimum atomic E-state index is 0.919. The van der Waals surface area contributed by atoms with Crippen molar-refractivity contribution in [2.75, 3.05) is 0 Å². The molecule has 0 aliphatic carbocycles. The van der Waals surface area contributed by atoms with Crippen LogP contribution < -0.4 is 0 Å². The molecular weight excluding hydrogens is 344 g/mol. The highest BCUT2D eigenvalue weighted by Gasteiger charge is 2.16. The van der Waals surface area contributed by atoms with E-state index in [1.165, 1.54) is 16.3 Å². The van der Waals surface area contributed by atoms with Crippen LogP contribution in [0.5, 0.6) is 0 Å². The molecule has 0 N–H and O–H groups in total. The molecule has 6 aromatic rings. The Balaban J connectivity index is 1.66. The Morgan fingerprint density at radius 3 is 2.43 bits per heavy atom. The largest absolute Gasteiger partial charge is 0.462 e. The number of para-hydroxylation sites is 1. The average molecular weight is 360 g/mol. The first-order valence-electron chi connectivity index (χ1n) is 9.31. The minimum absolute atomic E-state index is 0.919. The van der Waals surface area contributed by atoms with E-state index in [0.717, 1.165) is 33.4 Å². The summed E-state index contributed by atoms with van der Waals surface area (Å²) in [6, 6.07) is 29.4. The van der Waals surface area contributed by atoms with E-state index in [1.807, 2.05) is 30.5 Å². The predicted octanol–water partition coefficient (Wildman–Crippen LogP) is 6.59. The topological polar surface area (TPSA) is 31.0 Å². The van der Waals surface area contributed by atoms with Gasteiger partial charge < -0.3 is 8.98 Å². The van der Waals surface area contributed by atoms with Crippen molar-refractivity contribution in [2.24, 2.45) is 0 Å². The number of rotatable bonds is 2. The zero-order chi connectivity index (χ0) is 18.5. The highest BCUT2D eigenvalue weighted by atomic mass is 16.3. The second-order valence-electron chi connectivity index (χ2n) is 6.92. The number of furan rings is 1. The smallest absolute Gasteiger partial charge is 0.158 e. The third-order valence-corrected chi connectivity index (χ3v) is 5.34. The Kier molecular flexibility index (Phi) is 3.17. The lowest BCUT2D eigenvalue weighted by Gasteiger charge is -2.09. The summed E-state index contributed by atoms with van der Waals surface area (Å²) in [6.45, 7) is 0. The molecule has 0 spiro atoms. The van der Waals surface area contributed by atoms with Crippen LogP contribution in [0.15, 0.2) is 102 Å². The van der Waals surface area contributed by atoms with Crippen LogP contribution in [0, 0.1) is 0 Å². The Morgan fingerprint density at radius 1 is 0.714 bits per heavy atom. The number of aromatic nitrogens is 2. The fourth-order valence-electron chi connectivity index (χ4n) is 4.06. The van der Waals surface area contributed by atoms with Crippen molar-refractivity contribution in [3.05, 3.63) is 97.4 Å². The normalized spacial score (nSPS) is 11.6. The first-order valence-corrected chi connectivity index (χ1v) is 9.31. The van der Waals surface area contributed by atoms with E-state index in [0.29, 0.717) is 0 Å². The minimum Gasteiger partial charge on any atom is -0.462 e. The van der Waals surface area contributed by atoms with Crippen molar-refractivity contribution in [1.29, 1.82) is 0 Å². The molecule has 0 amide bonds. The van der Waals surface area contributed by atoms with Gasteiger partial charge in [-0.3, -0.25) is 4.98 Å². The van der Waals surface area contributed by atoms with E-state index >= 15 is 0 Å². The maximum absolute atomic E-state index is 5.89. The molecular formula is C25H16N2O. The van der Waals surface area contributed by atoms with E-state index in [1.54, 1.807) is 6.26 Å². The fraction of sp³-hybridized carbons (Fsp3) is 0. The first kappa shape index (κ1) is 15.2. The van der Waals surface area contributed by atoms with Crippen LogP contribution in [0.4, 0.5) is 0 Å². The summed E-state index contributed by atoms with van der Waals surface area (Å²) in [5.74, 6) is 0. The van der Waals surface area contributed by atoms with Gasteiger partial charge in [0.05, 0.1) is 23.0 Å². The van der Waals surface area contributed by atoms with Crippen molar-refractivity contribution in [2.45, 2.75) is 0 Å². The van der Waals surface area contributed by atoms with E-state index in [2.05, 4.69) is 70.2 Å². The van der Waals surface area contributed by atoms with E-state index in [4.69, 9.17) is 4.42 Å². The lowest BCUT2D eigenvalue weighted by molar-refractivity contribution is 0.618. The van der Waals surface area contributed by atoms with Crippen LogP contribution in [0.1, 0.15) is 0 Å². The summed E-state index contributed by atoms with van der Waals surface area (Å²) >= 11 is 0. The zero-order valence-electron chi connectivity index (χ0n) is 15.0. The molecule has 0 radical (unpaired) electrons. The molecule has 0 atom stereocenters. The van der Waals surface area contributed by atoms with E-state index in [-0.39, 0.29) is 0 Å². The third-order valence-electron chi connectivity index (χ3n) is 5.34. The van der Waals surface area contributed by atoms with Crippen LogP contribution in [0.2, 0.25) is 0 Å². The van der Waals surface area contributed by atoms with Gasteiger partial charge in [-0.25, -0.2) is 0 Å². The van der Waals surface area contributed by atoms with Crippen LogP contribution >= 0.6 is 0 Å². The van der Waals surface area contributed by atoms with Crippen molar-refractivity contribution in [3.63, 3.8) is 0 Å². The lowest BCUT2D eigenvalue weighted by atomic mass is 10.1. The van der Waals surface area contributed by atoms with Crippen molar-refractivity contribution in [3.8, 4) is 16.9 Å². The number of nitrogens with zero attached hydrogens (tertiary/aromatic N) is 2. The summed E-state index contributed by atoms with van der Waals surface area (Å²) in [5, 5.41) is 3.54. The SMILES string of the molecule is c1ccc(-c2ccc(-n3c4ccccc4c4ccc5ccoc5c43)cc2)nc1. The van der Waals surface area contributed by atoms with Gasteiger partial charge in [-0.2, -0.15) is 0 Å². The molecule has 132 valence electrons. The number of benzene rings is 3. The van der Waals surface area contributed by atoms with Gasteiger partial charge in [0.25, 0.3) is 0 Å². The molecule has 0 aliphatic rings. The van der Waals surface area contributed by atoms with Gasteiger partial charge in [0.2, 0.25) is 0 Å². The number of pyridine rings is 1. The summed E-state index contributed by atoms with van der Waals surface area (Å²) in [5.41, 5.74) is 6.39. The second-order valence-corrected chi connectivity index (χ2v) is 6.92.